The molecule has 0 atom stereocenters. The van der Waals surface area contributed by atoms with Crippen molar-refractivity contribution >= 4 is 45.6 Å². The summed E-state index contributed by atoms with van der Waals surface area (Å²) in [5.41, 5.74) is -3.25. The number of thiophene rings is 1. The number of likely N-dealkylation sites (tertiary alicyclic amines) is 1. The monoisotopic (exact) mass is 733 g/mol. The minimum absolute atomic E-state index is 0.0160. The fourth-order valence-electron chi connectivity index (χ4n) is 5.44. The second kappa shape index (κ2) is 14.1. The first-order valence-corrected chi connectivity index (χ1v) is 21.4. The Balaban J connectivity index is 1.49. The third-order valence-electron chi connectivity index (χ3n) is 9.24. The molecule has 4 aromatic rings. The van der Waals surface area contributed by atoms with Crippen LogP contribution in [0.3, 0.4) is 0 Å². The van der Waals surface area contributed by atoms with E-state index in [-0.39, 0.29) is 10.8 Å². The zero-order valence-corrected chi connectivity index (χ0v) is 31.2. The van der Waals surface area contributed by atoms with E-state index in [9.17, 15) is 26.4 Å². The highest BCUT2D eigenvalue weighted by Gasteiger charge is 2.48. The predicted octanol–water partition coefficient (Wildman–Crippen LogP) is 9.58. The molecule has 0 unspecified atom stereocenters. The maximum absolute atomic E-state index is 14.2. The summed E-state index contributed by atoms with van der Waals surface area (Å²) in [6.45, 7) is 16.2. The molecule has 1 fully saturated rings. The number of halogens is 3. The van der Waals surface area contributed by atoms with Gasteiger partial charge in [0.25, 0.3) is 0 Å². The molecule has 7 nitrogen and oxygen atoms in total. The van der Waals surface area contributed by atoms with Gasteiger partial charge in [-0.1, -0.05) is 27.2 Å². The normalized spacial score (nSPS) is 15.0. The lowest BCUT2D eigenvalue weighted by atomic mass is 9.96. The standard InChI is InChI=1S/C36H42F3NO6S2Si/c1-24-22-28(46-49(5,6)35(2,3)4)15-16-29(24)34-32(30-17-14-27(23-31(30)47-34)45-48(42,43)36(37,38)39)33(41)25-10-12-26(13-11-25)44-21-20-40-18-8-7-9-19-40/h10-17,22-23H,7-9,18-21H2,1-6H3. The van der Waals surface area contributed by atoms with Crippen LogP contribution in [0.1, 0.15) is 61.5 Å². The number of aryl methyl sites for hydroxylation is 1. The van der Waals surface area contributed by atoms with Crippen molar-refractivity contribution in [2.75, 3.05) is 26.2 Å². The molecule has 0 saturated carbocycles. The summed E-state index contributed by atoms with van der Waals surface area (Å²) in [6.07, 6.45) is 3.66. The number of ether oxygens (including phenoxy) is 1. The van der Waals surface area contributed by atoms with Crippen molar-refractivity contribution in [2.24, 2.45) is 0 Å². The molecule has 0 aliphatic carbocycles. The van der Waals surface area contributed by atoms with Gasteiger partial charge in [0.15, 0.2) is 5.78 Å². The van der Waals surface area contributed by atoms with Gasteiger partial charge in [0.05, 0.1) is 0 Å². The molecule has 3 aromatic carbocycles. The van der Waals surface area contributed by atoms with Crippen LogP contribution >= 0.6 is 11.3 Å². The van der Waals surface area contributed by atoms with Crippen LogP contribution in [0.15, 0.2) is 60.7 Å². The third-order valence-corrected chi connectivity index (χ3v) is 15.8. The van der Waals surface area contributed by atoms with E-state index in [0.717, 1.165) is 36.8 Å². The van der Waals surface area contributed by atoms with Crippen molar-refractivity contribution in [2.45, 2.75) is 70.6 Å². The zero-order chi connectivity index (χ0) is 35.8. The number of benzene rings is 3. The molecular weight excluding hydrogens is 692 g/mol. The number of carbonyl (C=O) groups is 1. The summed E-state index contributed by atoms with van der Waals surface area (Å²) >= 11 is 1.17. The van der Waals surface area contributed by atoms with Crippen LogP contribution in [0.2, 0.25) is 18.1 Å². The number of hydrogen-bond acceptors (Lipinski definition) is 8. The number of alkyl halides is 3. The van der Waals surface area contributed by atoms with Gasteiger partial charge in [-0.3, -0.25) is 9.69 Å². The molecular formula is C36H42F3NO6S2Si. The van der Waals surface area contributed by atoms with Crippen molar-refractivity contribution in [3.8, 4) is 27.7 Å². The first-order valence-electron chi connectivity index (χ1n) is 16.2. The highest BCUT2D eigenvalue weighted by molar-refractivity contribution is 7.88. The summed E-state index contributed by atoms with van der Waals surface area (Å²) in [7, 11) is -8.01. The molecule has 2 heterocycles. The Kier molecular flexibility index (Phi) is 10.6. The quantitative estimate of drug-likeness (QED) is 0.0657. The Morgan fingerprint density at radius 2 is 1.53 bits per heavy atom. The van der Waals surface area contributed by atoms with Crippen molar-refractivity contribution in [3.63, 3.8) is 0 Å². The molecule has 0 N–H and O–H groups in total. The summed E-state index contributed by atoms with van der Waals surface area (Å²) in [5, 5.41) is 0.447. The average Bonchev–Trinajstić information content (AvgIpc) is 3.38. The summed E-state index contributed by atoms with van der Waals surface area (Å²) < 4.78 is 79.9. The highest BCUT2D eigenvalue weighted by atomic mass is 32.2. The minimum Gasteiger partial charge on any atom is -0.543 e. The SMILES string of the molecule is Cc1cc(O[Si](C)(C)C(C)(C)C)ccc1-c1sc2cc(OS(=O)(=O)C(F)(F)F)ccc2c1C(=O)c1ccc(OCCN2CCCCC2)cc1. The van der Waals surface area contributed by atoms with Crippen LogP contribution in [0.25, 0.3) is 20.5 Å². The van der Waals surface area contributed by atoms with E-state index in [1.807, 2.05) is 25.1 Å². The number of fused-ring (bicyclic) bond motifs is 1. The Bertz CT molecular complexity index is 1930. The van der Waals surface area contributed by atoms with Gasteiger partial charge in [-0.15, -0.1) is 11.3 Å². The van der Waals surface area contributed by atoms with Gasteiger partial charge in [-0.05, 0) is 123 Å². The van der Waals surface area contributed by atoms with Gasteiger partial charge in [-0.25, -0.2) is 0 Å². The molecule has 1 saturated heterocycles. The fourth-order valence-corrected chi connectivity index (χ4v) is 8.24. The molecule has 5 rings (SSSR count). The molecule has 1 aliphatic heterocycles. The van der Waals surface area contributed by atoms with Crippen LogP contribution in [0.4, 0.5) is 13.2 Å². The summed E-state index contributed by atoms with van der Waals surface area (Å²) in [4.78, 5) is 17.2. The molecule has 13 heteroatoms. The Labute approximate surface area is 291 Å². The largest absolute Gasteiger partial charge is 0.543 e. The van der Waals surface area contributed by atoms with Crippen LogP contribution in [-0.2, 0) is 10.1 Å². The predicted molar refractivity (Wildman–Crippen MR) is 191 cm³/mol. The lowest BCUT2D eigenvalue weighted by Crippen LogP contribution is -2.43. The maximum Gasteiger partial charge on any atom is 0.534 e. The van der Waals surface area contributed by atoms with Gasteiger partial charge in [0, 0.05) is 32.6 Å². The van der Waals surface area contributed by atoms with E-state index in [1.54, 1.807) is 24.3 Å². The number of nitrogens with zero attached hydrogens (tertiary/aromatic N) is 1. The third kappa shape index (κ3) is 8.33. The molecule has 0 bridgehead atoms. The Morgan fingerprint density at radius 3 is 2.14 bits per heavy atom. The molecule has 1 aromatic heterocycles. The fraction of sp³-hybridized carbons (Fsp3) is 0.417. The number of ketones is 1. The molecule has 49 heavy (non-hydrogen) atoms. The maximum atomic E-state index is 14.2. The first kappa shape index (κ1) is 36.9. The van der Waals surface area contributed by atoms with Gasteiger partial charge in [0.2, 0.25) is 8.32 Å². The van der Waals surface area contributed by atoms with Gasteiger partial charge < -0.3 is 13.3 Å². The van der Waals surface area contributed by atoms with Crippen LogP contribution in [0.5, 0.6) is 17.2 Å². The zero-order valence-electron chi connectivity index (χ0n) is 28.6. The molecule has 0 spiro atoms. The second-order valence-electron chi connectivity index (χ2n) is 13.9. The second-order valence-corrected chi connectivity index (χ2v) is 21.2. The number of carbonyl (C=O) groups excluding carboxylic acids is 1. The number of hydrogen-bond donors (Lipinski definition) is 0. The van der Waals surface area contributed by atoms with Crippen molar-refractivity contribution in [3.05, 3.63) is 77.4 Å². The lowest BCUT2D eigenvalue weighted by molar-refractivity contribution is -0.0500. The van der Waals surface area contributed by atoms with Crippen molar-refractivity contribution < 1.29 is 39.7 Å². The summed E-state index contributed by atoms with van der Waals surface area (Å²) in [5.74, 6) is 0.562. The van der Waals surface area contributed by atoms with Gasteiger partial charge in [0.1, 0.15) is 23.9 Å². The number of rotatable bonds is 11. The van der Waals surface area contributed by atoms with Gasteiger partial charge >= 0.3 is 15.6 Å². The molecule has 264 valence electrons. The van der Waals surface area contributed by atoms with E-state index in [4.69, 9.17) is 9.16 Å². The first-order chi connectivity index (χ1) is 22.9. The molecule has 0 radical (unpaired) electrons. The van der Waals surface area contributed by atoms with Crippen molar-refractivity contribution in [1.29, 1.82) is 0 Å². The number of piperidine rings is 1. The van der Waals surface area contributed by atoms with E-state index in [0.29, 0.717) is 44.2 Å². The van der Waals surface area contributed by atoms with E-state index in [2.05, 4.69) is 42.9 Å². The van der Waals surface area contributed by atoms with Crippen molar-refractivity contribution in [1.82, 2.24) is 4.90 Å². The Hall–Kier alpha value is -3.39. The molecule has 0 amide bonds. The average molecular weight is 734 g/mol. The van der Waals surface area contributed by atoms with Crippen LogP contribution in [-0.4, -0.2) is 59.2 Å². The van der Waals surface area contributed by atoms with Crippen LogP contribution in [0, 0.1) is 6.92 Å². The Morgan fingerprint density at radius 1 is 0.898 bits per heavy atom. The van der Waals surface area contributed by atoms with Gasteiger partial charge in [-0.2, -0.15) is 21.6 Å². The van der Waals surface area contributed by atoms with E-state index < -0.39 is 29.7 Å². The lowest BCUT2D eigenvalue weighted by Gasteiger charge is -2.36. The van der Waals surface area contributed by atoms with E-state index >= 15 is 0 Å². The summed E-state index contributed by atoms with van der Waals surface area (Å²) in [6, 6.07) is 16.3. The highest BCUT2D eigenvalue weighted by Crippen LogP contribution is 2.44. The molecule has 1 aliphatic rings. The minimum atomic E-state index is -5.88. The smallest absolute Gasteiger partial charge is 0.534 e. The van der Waals surface area contributed by atoms with E-state index in [1.165, 1.54) is 42.7 Å². The topological polar surface area (TPSA) is 82.1 Å². The van der Waals surface area contributed by atoms with Crippen LogP contribution < -0.4 is 13.3 Å².